The fourth-order valence-corrected chi connectivity index (χ4v) is 4.14. The van der Waals surface area contributed by atoms with Crippen molar-refractivity contribution in [3.8, 4) is 0 Å². The summed E-state index contributed by atoms with van der Waals surface area (Å²) in [5.41, 5.74) is 8.19. The van der Waals surface area contributed by atoms with Crippen LogP contribution in [0.5, 0.6) is 0 Å². The Hall–Kier alpha value is -1.06. The second kappa shape index (κ2) is 6.21. The predicted octanol–water partition coefficient (Wildman–Crippen LogP) is 5.19. The van der Waals surface area contributed by atoms with Gasteiger partial charge >= 0.3 is 0 Å². The van der Waals surface area contributed by atoms with Crippen LogP contribution >= 0.6 is 21.6 Å². The van der Waals surface area contributed by atoms with Crippen molar-refractivity contribution >= 4 is 27.3 Å². The first kappa shape index (κ1) is 13.4. The summed E-state index contributed by atoms with van der Waals surface area (Å²) in [6.07, 6.45) is 0. The minimum Gasteiger partial charge on any atom is -0.398 e. The second-order valence-corrected chi connectivity index (χ2v) is 6.61. The topological polar surface area (TPSA) is 26.0 Å². The standard InChI is InChI=1S/C15H17NS2/c1-11(2)12-7-3-5-9-14(12)17-18-15-10-6-4-8-13(15)16/h3-11H,16H2,1-2H3. The molecule has 0 radical (unpaired) electrons. The number of para-hydroxylation sites is 1. The lowest BCUT2D eigenvalue weighted by atomic mass is 10.0. The molecule has 0 aromatic heterocycles. The minimum absolute atomic E-state index is 0.544. The van der Waals surface area contributed by atoms with Crippen molar-refractivity contribution in [1.29, 1.82) is 0 Å². The van der Waals surface area contributed by atoms with E-state index < -0.39 is 0 Å². The van der Waals surface area contributed by atoms with Gasteiger partial charge in [-0.2, -0.15) is 0 Å². The van der Waals surface area contributed by atoms with Crippen molar-refractivity contribution < 1.29 is 0 Å². The van der Waals surface area contributed by atoms with E-state index in [1.165, 1.54) is 10.5 Å². The first-order chi connectivity index (χ1) is 8.68. The number of benzene rings is 2. The average Bonchev–Trinajstić information content (AvgIpc) is 2.38. The van der Waals surface area contributed by atoms with Crippen molar-refractivity contribution in [3.63, 3.8) is 0 Å². The molecule has 0 saturated carbocycles. The van der Waals surface area contributed by atoms with Crippen LogP contribution in [-0.2, 0) is 0 Å². The van der Waals surface area contributed by atoms with E-state index in [4.69, 9.17) is 5.73 Å². The first-order valence-electron chi connectivity index (χ1n) is 5.96. The molecule has 0 aliphatic heterocycles. The normalized spacial score (nSPS) is 10.8. The number of hydrogen-bond donors (Lipinski definition) is 1. The van der Waals surface area contributed by atoms with Crippen LogP contribution in [0.25, 0.3) is 0 Å². The molecule has 0 spiro atoms. The minimum atomic E-state index is 0.544. The molecule has 0 aliphatic carbocycles. The molecule has 94 valence electrons. The maximum atomic E-state index is 5.95. The molecule has 0 saturated heterocycles. The Morgan fingerprint density at radius 1 is 0.833 bits per heavy atom. The summed E-state index contributed by atoms with van der Waals surface area (Å²) >= 11 is 0. The number of nitrogens with two attached hydrogens (primary N) is 1. The third kappa shape index (κ3) is 3.24. The van der Waals surface area contributed by atoms with Gasteiger partial charge in [-0.1, -0.05) is 65.8 Å². The van der Waals surface area contributed by atoms with Gasteiger partial charge in [0, 0.05) is 15.5 Å². The Balaban J connectivity index is 2.14. The van der Waals surface area contributed by atoms with E-state index in [0.717, 1.165) is 10.6 Å². The highest BCUT2D eigenvalue weighted by Gasteiger charge is 2.07. The molecule has 3 heteroatoms. The van der Waals surface area contributed by atoms with E-state index in [-0.39, 0.29) is 0 Å². The summed E-state index contributed by atoms with van der Waals surface area (Å²) < 4.78 is 0. The lowest BCUT2D eigenvalue weighted by Crippen LogP contribution is -1.89. The van der Waals surface area contributed by atoms with Gasteiger partial charge in [-0.25, -0.2) is 0 Å². The van der Waals surface area contributed by atoms with Gasteiger partial charge in [-0.05, 0) is 29.7 Å². The zero-order valence-electron chi connectivity index (χ0n) is 10.6. The fraction of sp³-hybridized carbons (Fsp3) is 0.200. The highest BCUT2D eigenvalue weighted by molar-refractivity contribution is 8.76. The van der Waals surface area contributed by atoms with E-state index in [2.05, 4.69) is 44.2 Å². The molecule has 2 aromatic carbocycles. The van der Waals surface area contributed by atoms with Crippen LogP contribution in [0.3, 0.4) is 0 Å². The predicted molar refractivity (Wildman–Crippen MR) is 83.1 cm³/mol. The smallest absolute Gasteiger partial charge is 0.0461 e. The Morgan fingerprint density at radius 2 is 1.39 bits per heavy atom. The molecule has 2 aromatic rings. The summed E-state index contributed by atoms with van der Waals surface area (Å²) in [6, 6.07) is 16.5. The van der Waals surface area contributed by atoms with Gasteiger partial charge < -0.3 is 5.73 Å². The summed E-state index contributed by atoms with van der Waals surface area (Å²) in [6.45, 7) is 4.45. The lowest BCUT2D eigenvalue weighted by Gasteiger charge is -2.11. The maximum Gasteiger partial charge on any atom is 0.0461 e. The quantitative estimate of drug-likeness (QED) is 0.614. The van der Waals surface area contributed by atoms with Crippen LogP contribution in [0, 0.1) is 0 Å². The molecule has 0 amide bonds. The van der Waals surface area contributed by atoms with Crippen LogP contribution in [0.2, 0.25) is 0 Å². The van der Waals surface area contributed by atoms with E-state index in [1.807, 2.05) is 18.2 Å². The Kier molecular flexibility index (Phi) is 4.61. The van der Waals surface area contributed by atoms with Gasteiger partial charge in [0.05, 0.1) is 0 Å². The number of nitrogen functional groups attached to an aromatic ring is 1. The zero-order chi connectivity index (χ0) is 13.0. The third-order valence-corrected chi connectivity index (χ3v) is 5.19. The highest BCUT2D eigenvalue weighted by Crippen LogP contribution is 2.42. The first-order valence-corrected chi connectivity index (χ1v) is 8.11. The van der Waals surface area contributed by atoms with Crippen LogP contribution in [0.4, 0.5) is 5.69 Å². The molecule has 1 nitrogen and oxygen atoms in total. The zero-order valence-corrected chi connectivity index (χ0v) is 12.2. The SMILES string of the molecule is CC(C)c1ccccc1SSc1ccccc1N. The monoisotopic (exact) mass is 275 g/mol. The number of anilines is 1. The van der Waals surface area contributed by atoms with Crippen LogP contribution in [-0.4, -0.2) is 0 Å². The van der Waals surface area contributed by atoms with Crippen molar-refractivity contribution in [1.82, 2.24) is 0 Å². The van der Waals surface area contributed by atoms with Crippen molar-refractivity contribution in [2.75, 3.05) is 5.73 Å². The fourth-order valence-electron chi connectivity index (χ4n) is 1.68. The van der Waals surface area contributed by atoms with E-state index in [0.29, 0.717) is 5.92 Å². The summed E-state index contributed by atoms with van der Waals surface area (Å²) in [4.78, 5) is 2.45. The van der Waals surface area contributed by atoms with Gasteiger partial charge in [0.2, 0.25) is 0 Å². The van der Waals surface area contributed by atoms with Crippen molar-refractivity contribution in [2.45, 2.75) is 29.6 Å². The molecule has 0 bridgehead atoms. The molecule has 0 aliphatic rings. The molecule has 0 heterocycles. The summed E-state index contributed by atoms with van der Waals surface area (Å²) in [5, 5.41) is 0. The Bertz CT molecular complexity index is 523. The van der Waals surface area contributed by atoms with Crippen LogP contribution < -0.4 is 5.73 Å². The molecule has 0 unspecified atom stereocenters. The van der Waals surface area contributed by atoms with E-state index >= 15 is 0 Å². The molecule has 18 heavy (non-hydrogen) atoms. The van der Waals surface area contributed by atoms with Gasteiger partial charge in [0.1, 0.15) is 0 Å². The van der Waals surface area contributed by atoms with Crippen molar-refractivity contribution in [3.05, 3.63) is 54.1 Å². The Morgan fingerprint density at radius 3 is 2.06 bits per heavy atom. The van der Waals surface area contributed by atoms with Gasteiger partial charge in [0.15, 0.2) is 0 Å². The van der Waals surface area contributed by atoms with E-state index in [9.17, 15) is 0 Å². The maximum absolute atomic E-state index is 5.95. The van der Waals surface area contributed by atoms with Crippen LogP contribution in [0.15, 0.2) is 58.3 Å². The molecule has 2 rings (SSSR count). The van der Waals surface area contributed by atoms with Gasteiger partial charge in [-0.3, -0.25) is 0 Å². The summed E-state index contributed by atoms with van der Waals surface area (Å²) in [5.74, 6) is 0.544. The molecule has 0 atom stereocenters. The van der Waals surface area contributed by atoms with Gasteiger partial charge in [0.25, 0.3) is 0 Å². The summed E-state index contributed by atoms with van der Waals surface area (Å²) in [7, 11) is 3.50. The third-order valence-electron chi connectivity index (χ3n) is 2.68. The average molecular weight is 275 g/mol. The molecule has 2 N–H and O–H groups in total. The lowest BCUT2D eigenvalue weighted by molar-refractivity contribution is 0.843. The largest absolute Gasteiger partial charge is 0.398 e. The molecular formula is C15H17NS2. The number of hydrogen-bond acceptors (Lipinski definition) is 3. The van der Waals surface area contributed by atoms with Crippen molar-refractivity contribution in [2.24, 2.45) is 0 Å². The second-order valence-electron chi connectivity index (χ2n) is 4.40. The Labute approximate surface area is 117 Å². The van der Waals surface area contributed by atoms with Gasteiger partial charge in [-0.15, -0.1) is 0 Å². The molecule has 0 fully saturated rings. The van der Waals surface area contributed by atoms with E-state index in [1.54, 1.807) is 21.6 Å². The highest BCUT2D eigenvalue weighted by atomic mass is 33.1. The van der Waals surface area contributed by atoms with Crippen LogP contribution in [0.1, 0.15) is 25.3 Å². The number of rotatable bonds is 4. The molecular weight excluding hydrogens is 258 g/mol.